The van der Waals surface area contributed by atoms with E-state index in [0.29, 0.717) is 0 Å². The minimum atomic E-state index is 0.959. The van der Waals surface area contributed by atoms with Crippen molar-refractivity contribution < 1.29 is 0 Å². The number of hydrogen-bond acceptors (Lipinski definition) is 3. The molecule has 0 bridgehead atoms. The molecule has 3 nitrogen and oxygen atoms in total. The molecule has 0 saturated carbocycles. The maximum Gasteiger partial charge on any atom is 0.193 e. The molecule has 0 spiro atoms. The zero-order chi connectivity index (χ0) is 12.1. The van der Waals surface area contributed by atoms with E-state index in [1.165, 1.54) is 5.57 Å². The summed E-state index contributed by atoms with van der Waals surface area (Å²) in [5.74, 6) is 0. The molecule has 92 valence electrons. The second-order valence-corrected chi connectivity index (χ2v) is 5.07. The van der Waals surface area contributed by atoms with Crippen LogP contribution in [0, 0.1) is 0 Å². The predicted molar refractivity (Wildman–Crippen MR) is 73.7 cm³/mol. The third kappa shape index (κ3) is 3.41. The Balaban J connectivity index is 1.89. The van der Waals surface area contributed by atoms with Gasteiger partial charge in [-0.15, -0.1) is 11.3 Å². The normalized spacial score (nSPS) is 12.5. The van der Waals surface area contributed by atoms with Crippen molar-refractivity contribution in [3.05, 3.63) is 35.1 Å². The first-order chi connectivity index (χ1) is 8.29. The zero-order valence-corrected chi connectivity index (χ0v) is 11.3. The molecule has 0 unspecified atom stereocenters. The van der Waals surface area contributed by atoms with E-state index < -0.39 is 0 Å². The van der Waals surface area contributed by atoms with Gasteiger partial charge in [0.15, 0.2) is 4.96 Å². The molecule has 0 radical (unpaired) electrons. The summed E-state index contributed by atoms with van der Waals surface area (Å²) in [4.78, 5) is 5.67. The second-order valence-electron chi connectivity index (χ2n) is 4.19. The molecule has 0 fully saturated rings. The smallest absolute Gasteiger partial charge is 0.193 e. The Morgan fingerprint density at radius 1 is 1.59 bits per heavy atom. The highest BCUT2D eigenvalue weighted by atomic mass is 32.1. The van der Waals surface area contributed by atoms with E-state index in [1.807, 2.05) is 0 Å². The van der Waals surface area contributed by atoms with Crippen molar-refractivity contribution in [2.45, 2.75) is 26.7 Å². The average Bonchev–Trinajstić information content (AvgIpc) is 2.84. The maximum atomic E-state index is 4.58. The van der Waals surface area contributed by atoms with E-state index >= 15 is 0 Å². The van der Waals surface area contributed by atoms with Crippen molar-refractivity contribution in [3.63, 3.8) is 0 Å². The van der Waals surface area contributed by atoms with Crippen LogP contribution in [0.15, 0.2) is 29.4 Å². The van der Waals surface area contributed by atoms with Crippen LogP contribution >= 0.6 is 11.3 Å². The first-order valence-corrected chi connectivity index (χ1v) is 6.95. The van der Waals surface area contributed by atoms with E-state index in [2.05, 4.69) is 52.4 Å². The molecule has 2 aromatic rings. The minimum Gasteiger partial charge on any atom is -0.317 e. The summed E-state index contributed by atoms with van der Waals surface area (Å²) in [6.07, 6.45) is 8.53. The van der Waals surface area contributed by atoms with Gasteiger partial charge >= 0.3 is 0 Å². The standard InChI is InChI=1S/C13H19N3S/c1-3-14-6-4-5-11(2)9-12-10-16-7-8-17-13(16)15-12/h5,7-8,10,14H,3-4,6,9H2,1-2H3/b11-5-. The molecule has 17 heavy (non-hydrogen) atoms. The molecule has 2 rings (SSSR count). The number of nitrogens with zero attached hydrogens (tertiary/aromatic N) is 2. The van der Waals surface area contributed by atoms with Crippen molar-refractivity contribution in [2.75, 3.05) is 13.1 Å². The van der Waals surface area contributed by atoms with Crippen molar-refractivity contribution in [1.82, 2.24) is 14.7 Å². The molecule has 0 amide bonds. The second kappa shape index (κ2) is 5.98. The number of fused-ring (bicyclic) bond motifs is 1. The summed E-state index contributed by atoms with van der Waals surface area (Å²) >= 11 is 1.68. The third-order valence-electron chi connectivity index (χ3n) is 2.67. The van der Waals surface area contributed by atoms with E-state index in [0.717, 1.165) is 36.6 Å². The zero-order valence-electron chi connectivity index (χ0n) is 10.4. The van der Waals surface area contributed by atoms with Crippen LogP contribution in [0.5, 0.6) is 0 Å². The molecule has 2 heterocycles. The Morgan fingerprint density at radius 2 is 2.47 bits per heavy atom. The van der Waals surface area contributed by atoms with Crippen molar-refractivity contribution >= 4 is 16.3 Å². The SMILES string of the molecule is CCNCC/C=C(/C)Cc1cn2ccsc2n1. The molecular weight excluding hydrogens is 230 g/mol. The van der Waals surface area contributed by atoms with Crippen LogP contribution in [-0.2, 0) is 6.42 Å². The van der Waals surface area contributed by atoms with Crippen LogP contribution in [0.25, 0.3) is 4.96 Å². The highest BCUT2D eigenvalue weighted by molar-refractivity contribution is 7.15. The fourth-order valence-electron chi connectivity index (χ4n) is 1.82. The lowest BCUT2D eigenvalue weighted by Crippen LogP contribution is -2.13. The lowest BCUT2D eigenvalue weighted by atomic mass is 10.1. The van der Waals surface area contributed by atoms with Gasteiger partial charge in [0.05, 0.1) is 5.69 Å². The van der Waals surface area contributed by atoms with E-state index in [9.17, 15) is 0 Å². The number of imidazole rings is 1. The third-order valence-corrected chi connectivity index (χ3v) is 3.44. The van der Waals surface area contributed by atoms with Gasteiger partial charge in [-0.05, 0) is 26.4 Å². The molecule has 0 saturated heterocycles. The molecular formula is C13H19N3S. The Kier molecular flexibility index (Phi) is 4.34. The fraction of sp³-hybridized carbons (Fsp3) is 0.462. The van der Waals surface area contributed by atoms with Crippen LogP contribution in [0.2, 0.25) is 0 Å². The van der Waals surface area contributed by atoms with Gasteiger partial charge in [0.1, 0.15) is 0 Å². The lowest BCUT2D eigenvalue weighted by Gasteiger charge is -1.99. The van der Waals surface area contributed by atoms with Crippen LogP contribution < -0.4 is 5.32 Å². The maximum absolute atomic E-state index is 4.58. The molecule has 0 aromatic carbocycles. The van der Waals surface area contributed by atoms with Gasteiger partial charge in [0.2, 0.25) is 0 Å². The highest BCUT2D eigenvalue weighted by Crippen LogP contribution is 2.14. The van der Waals surface area contributed by atoms with Gasteiger partial charge in [0, 0.05) is 24.2 Å². The number of nitrogens with one attached hydrogen (secondary N) is 1. The van der Waals surface area contributed by atoms with Gasteiger partial charge in [-0.1, -0.05) is 18.6 Å². The van der Waals surface area contributed by atoms with Crippen LogP contribution in [0.4, 0.5) is 0 Å². The number of rotatable bonds is 6. The largest absolute Gasteiger partial charge is 0.317 e. The monoisotopic (exact) mass is 249 g/mol. The molecule has 0 atom stereocenters. The molecule has 2 aromatic heterocycles. The van der Waals surface area contributed by atoms with Crippen LogP contribution in [-0.4, -0.2) is 22.5 Å². The molecule has 0 aliphatic carbocycles. The van der Waals surface area contributed by atoms with Crippen molar-refractivity contribution in [1.29, 1.82) is 0 Å². The van der Waals surface area contributed by atoms with E-state index in [1.54, 1.807) is 11.3 Å². The summed E-state index contributed by atoms with van der Waals surface area (Å²) in [5.41, 5.74) is 2.56. The van der Waals surface area contributed by atoms with Gasteiger partial charge < -0.3 is 5.32 Å². The highest BCUT2D eigenvalue weighted by Gasteiger charge is 2.02. The molecule has 0 aliphatic heterocycles. The first kappa shape index (κ1) is 12.3. The molecule has 1 N–H and O–H groups in total. The quantitative estimate of drug-likeness (QED) is 0.630. The van der Waals surface area contributed by atoms with E-state index in [-0.39, 0.29) is 0 Å². The number of hydrogen-bond donors (Lipinski definition) is 1. The number of thiazole rings is 1. The van der Waals surface area contributed by atoms with E-state index in [4.69, 9.17) is 0 Å². The summed E-state index contributed by atoms with van der Waals surface area (Å²) in [5, 5.41) is 5.38. The van der Waals surface area contributed by atoms with Crippen LogP contribution in [0.3, 0.4) is 0 Å². The molecule has 4 heteroatoms. The summed E-state index contributed by atoms with van der Waals surface area (Å²) < 4.78 is 2.09. The lowest BCUT2D eigenvalue weighted by molar-refractivity contribution is 0.724. The van der Waals surface area contributed by atoms with Gasteiger partial charge in [-0.25, -0.2) is 4.98 Å². The Labute approximate surface area is 106 Å². The van der Waals surface area contributed by atoms with Gasteiger partial charge in [-0.2, -0.15) is 0 Å². The Hall–Kier alpha value is -1.13. The topological polar surface area (TPSA) is 29.3 Å². The van der Waals surface area contributed by atoms with Gasteiger partial charge in [-0.3, -0.25) is 4.40 Å². The van der Waals surface area contributed by atoms with Crippen LogP contribution in [0.1, 0.15) is 26.0 Å². The average molecular weight is 249 g/mol. The Morgan fingerprint density at radius 3 is 3.24 bits per heavy atom. The first-order valence-electron chi connectivity index (χ1n) is 6.07. The number of aromatic nitrogens is 2. The predicted octanol–water partition coefficient (Wildman–Crippen LogP) is 2.88. The summed E-state index contributed by atoms with van der Waals surface area (Å²) in [6.45, 7) is 6.42. The molecule has 0 aliphatic rings. The van der Waals surface area contributed by atoms with Gasteiger partial charge in [0.25, 0.3) is 0 Å². The summed E-state index contributed by atoms with van der Waals surface area (Å²) in [6, 6.07) is 0. The number of allylic oxidation sites excluding steroid dienone is 1. The summed E-state index contributed by atoms with van der Waals surface area (Å²) in [7, 11) is 0. The fourth-order valence-corrected chi connectivity index (χ4v) is 2.54. The van der Waals surface area contributed by atoms with Crippen molar-refractivity contribution in [3.8, 4) is 0 Å². The minimum absolute atomic E-state index is 0.959. The Bertz CT molecular complexity index is 467. The van der Waals surface area contributed by atoms with Crippen molar-refractivity contribution in [2.24, 2.45) is 0 Å².